The number of anilines is 1. The molecular weight excluding hydrogens is 282 g/mol. The van der Waals surface area contributed by atoms with E-state index < -0.39 is 0 Å². The molecule has 3 aromatic rings. The van der Waals surface area contributed by atoms with Gasteiger partial charge in [-0.25, -0.2) is 4.98 Å². The second-order valence-electron chi connectivity index (χ2n) is 4.43. The summed E-state index contributed by atoms with van der Waals surface area (Å²) >= 11 is 0. The summed E-state index contributed by atoms with van der Waals surface area (Å²) in [4.78, 5) is 16.5. The molecule has 0 saturated carbocycles. The van der Waals surface area contributed by atoms with Crippen LogP contribution < -0.4 is 10.1 Å². The fraction of sp³-hybridized carbons (Fsp3) is 0.0667. The molecule has 3 rings (SSSR count). The van der Waals surface area contributed by atoms with Crippen LogP contribution in [0.5, 0.6) is 5.75 Å². The van der Waals surface area contributed by atoms with E-state index in [-0.39, 0.29) is 5.91 Å². The standard InChI is InChI=1S/C15H13N5O2/c1-22-13-5-3-2-4-12(13)15(21)19-11-6-7-14(16-8-11)20-9-17-18-10-20/h2-10H,1H3,(H,19,21). The predicted molar refractivity (Wildman–Crippen MR) is 80.1 cm³/mol. The molecule has 0 fully saturated rings. The third-order valence-electron chi connectivity index (χ3n) is 3.04. The van der Waals surface area contributed by atoms with E-state index in [0.29, 0.717) is 22.8 Å². The Morgan fingerprint density at radius 3 is 2.59 bits per heavy atom. The van der Waals surface area contributed by atoms with E-state index in [4.69, 9.17) is 4.74 Å². The molecule has 2 heterocycles. The highest BCUT2D eigenvalue weighted by molar-refractivity contribution is 6.06. The fourth-order valence-electron chi connectivity index (χ4n) is 1.96. The number of amides is 1. The van der Waals surface area contributed by atoms with Crippen LogP contribution in [0.3, 0.4) is 0 Å². The maximum absolute atomic E-state index is 12.3. The number of para-hydroxylation sites is 1. The molecule has 0 spiro atoms. The highest BCUT2D eigenvalue weighted by Crippen LogP contribution is 2.19. The number of rotatable bonds is 4. The zero-order chi connectivity index (χ0) is 15.4. The summed E-state index contributed by atoms with van der Waals surface area (Å²) in [6, 6.07) is 10.6. The smallest absolute Gasteiger partial charge is 0.259 e. The number of benzene rings is 1. The first-order valence-corrected chi connectivity index (χ1v) is 6.53. The Bertz CT molecular complexity index is 769. The molecule has 2 aromatic heterocycles. The van der Waals surface area contributed by atoms with Crippen molar-refractivity contribution in [1.82, 2.24) is 19.7 Å². The summed E-state index contributed by atoms with van der Waals surface area (Å²) in [6.07, 6.45) is 4.67. The van der Waals surface area contributed by atoms with Gasteiger partial charge in [0.05, 0.1) is 24.6 Å². The Morgan fingerprint density at radius 2 is 1.91 bits per heavy atom. The Balaban J connectivity index is 1.77. The quantitative estimate of drug-likeness (QED) is 0.795. The normalized spacial score (nSPS) is 10.2. The summed E-state index contributed by atoms with van der Waals surface area (Å²) in [5.74, 6) is 0.936. The predicted octanol–water partition coefficient (Wildman–Crippen LogP) is 1.92. The molecule has 7 heteroatoms. The lowest BCUT2D eigenvalue weighted by Gasteiger charge is -2.09. The van der Waals surface area contributed by atoms with Crippen molar-refractivity contribution in [3.8, 4) is 11.6 Å². The molecule has 7 nitrogen and oxygen atoms in total. The lowest BCUT2D eigenvalue weighted by molar-refractivity contribution is 0.102. The van der Waals surface area contributed by atoms with Gasteiger partial charge in [-0.3, -0.25) is 9.36 Å². The molecule has 22 heavy (non-hydrogen) atoms. The summed E-state index contributed by atoms with van der Waals surface area (Å²) < 4.78 is 6.85. The Labute approximate surface area is 126 Å². The third kappa shape index (κ3) is 2.78. The van der Waals surface area contributed by atoms with E-state index in [1.165, 1.54) is 7.11 Å². The SMILES string of the molecule is COc1ccccc1C(=O)Nc1ccc(-n2cnnc2)nc1. The van der Waals surface area contributed by atoms with E-state index in [2.05, 4.69) is 20.5 Å². The van der Waals surface area contributed by atoms with Crippen LogP contribution in [-0.4, -0.2) is 32.8 Å². The van der Waals surface area contributed by atoms with Crippen molar-refractivity contribution in [2.75, 3.05) is 12.4 Å². The van der Waals surface area contributed by atoms with Crippen LogP contribution in [0.25, 0.3) is 5.82 Å². The second kappa shape index (κ2) is 6.04. The molecule has 0 aliphatic rings. The molecule has 0 aliphatic heterocycles. The zero-order valence-corrected chi connectivity index (χ0v) is 11.8. The number of carbonyl (C=O) groups excluding carboxylic acids is 1. The van der Waals surface area contributed by atoms with Gasteiger partial charge in [0.25, 0.3) is 5.91 Å². The van der Waals surface area contributed by atoms with Crippen LogP contribution in [0.2, 0.25) is 0 Å². The molecule has 0 radical (unpaired) electrons. The van der Waals surface area contributed by atoms with Gasteiger partial charge in [-0.15, -0.1) is 10.2 Å². The molecule has 0 atom stereocenters. The van der Waals surface area contributed by atoms with Crippen LogP contribution in [0.15, 0.2) is 55.2 Å². The van der Waals surface area contributed by atoms with E-state index in [9.17, 15) is 4.79 Å². The van der Waals surface area contributed by atoms with Crippen LogP contribution in [0.1, 0.15) is 10.4 Å². The molecule has 0 bridgehead atoms. The number of aromatic nitrogens is 4. The van der Waals surface area contributed by atoms with Crippen molar-refractivity contribution in [3.63, 3.8) is 0 Å². The molecule has 0 aliphatic carbocycles. The van der Waals surface area contributed by atoms with Crippen molar-refractivity contribution in [2.24, 2.45) is 0 Å². The maximum atomic E-state index is 12.3. The number of nitrogens with zero attached hydrogens (tertiary/aromatic N) is 4. The van der Waals surface area contributed by atoms with Crippen LogP contribution in [-0.2, 0) is 0 Å². The van der Waals surface area contributed by atoms with Gasteiger partial charge in [0.1, 0.15) is 24.2 Å². The first kappa shape index (κ1) is 13.7. The van der Waals surface area contributed by atoms with E-state index >= 15 is 0 Å². The van der Waals surface area contributed by atoms with Crippen molar-refractivity contribution in [3.05, 3.63) is 60.8 Å². The van der Waals surface area contributed by atoms with Gasteiger partial charge in [-0.2, -0.15) is 0 Å². The van der Waals surface area contributed by atoms with Crippen molar-refractivity contribution in [1.29, 1.82) is 0 Å². The summed E-state index contributed by atoms with van der Waals surface area (Å²) in [5.41, 5.74) is 1.06. The van der Waals surface area contributed by atoms with Gasteiger partial charge < -0.3 is 10.1 Å². The minimum absolute atomic E-state index is 0.253. The van der Waals surface area contributed by atoms with Gasteiger partial charge in [0, 0.05) is 0 Å². The molecule has 1 N–H and O–H groups in total. The van der Waals surface area contributed by atoms with Gasteiger partial charge in [-0.1, -0.05) is 12.1 Å². The third-order valence-corrected chi connectivity index (χ3v) is 3.04. The number of ether oxygens (including phenoxy) is 1. The lowest BCUT2D eigenvalue weighted by Crippen LogP contribution is -2.13. The van der Waals surface area contributed by atoms with Crippen LogP contribution in [0, 0.1) is 0 Å². The van der Waals surface area contributed by atoms with Crippen LogP contribution in [0.4, 0.5) is 5.69 Å². The molecule has 0 saturated heterocycles. The highest BCUT2D eigenvalue weighted by atomic mass is 16.5. The minimum atomic E-state index is -0.253. The van der Waals surface area contributed by atoms with Crippen molar-refractivity contribution < 1.29 is 9.53 Å². The molecule has 1 amide bonds. The number of methoxy groups -OCH3 is 1. The molecular formula is C15H13N5O2. The summed E-state index contributed by atoms with van der Waals surface area (Å²) in [6.45, 7) is 0. The van der Waals surface area contributed by atoms with Crippen molar-refractivity contribution in [2.45, 2.75) is 0 Å². The number of carbonyl (C=O) groups is 1. The van der Waals surface area contributed by atoms with Gasteiger partial charge in [0.15, 0.2) is 0 Å². The largest absolute Gasteiger partial charge is 0.496 e. The first-order valence-electron chi connectivity index (χ1n) is 6.53. The summed E-state index contributed by atoms with van der Waals surface area (Å²) in [5, 5.41) is 10.2. The fourth-order valence-corrected chi connectivity index (χ4v) is 1.96. The van der Waals surface area contributed by atoms with Crippen molar-refractivity contribution >= 4 is 11.6 Å². The monoisotopic (exact) mass is 295 g/mol. The summed E-state index contributed by atoms with van der Waals surface area (Å²) in [7, 11) is 1.53. The number of hydrogen-bond acceptors (Lipinski definition) is 5. The topological polar surface area (TPSA) is 81.9 Å². The Morgan fingerprint density at radius 1 is 1.14 bits per heavy atom. The van der Waals surface area contributed by atoms with Gasteiger partial charge in [-0.05, 0) is 24.3 Å². The molecule has 0 unspecified atom stereocenters. The second-order valence-corrected chi connectivity index (χ2v) is 4.43. The molecule has 110 valence electrons. The van der Waals surface area contributed by atoms with Gasteiger partial charge in [0.2, 0.25) is 0 Å². The number of nitrogens with one attached hydrogen (secondary N) is 1. The highest BCUT2D eigenvalue weighted by Gasteiger charge is 2.11. The maximum Gasteiger partial charge on any atom is 0.259 e. The lowest BCUT2D eigenvalue weighted by atomic mass is 10.2. The first-order chi connectivity index (χ1) is 10.8. The van der Waals surface area contributed by atoms with E-state index in [1.807, 2.05) is 6.07 Å². The molecule has 1 aromatic carbocycles. The number of hydrogen-bond donors (Lipinski definition) is 1. The average Bonchev–Trinajstić information content (AvgIpc) is 3.10. The minimum Gasteiger partial charge on any atom is -0.496 e. The number of pyridine rings is 1. The van der Waals surface area contributed by atoms with E-state index in [0.717, 1.165) is 0 Å². The Hall–Kier alpha value is -3.22. The Kier molecular flexibility index (Phi) is 3.78. The van der Waals surface area contributed by atoms with E-state index in [1.54, 1.807) is 53.8 Å². The van der Waals surface area contributed by atoms with Crippen LogP contribution >= 0.6 is 0 Å². The van der Waals surface area contributed by atoms with Gasteiger partial charge >= 0.3 is 0 Å². The zero-order valence-electron chi connectivity index (χ0n) is 11.8. The average molecular weight is 295 g/mol.